The van der Waals surface area contributed by atoms with Crippen LogP contribution in [0.2, 0.25) is 5.02 Å². The number of carbonyl (C=O) groups excluding carboxylic acids is 4. The molecular formula is C37H43BrClN3O7. The number of ether oxygens (including phenoxy) is 2. The van der Waals surface area contributed by atoms with Crippen LogP contribution in [-0.4, -0.2) is 93.5 Å². The molecule has 49 heavy (non-hydrogen) atoms. The number of alkyl halides is 1. The van der Waals surface area contributed by atoms with Gasteiger partial charge >= 0.3 is 5.97 Å². The number of likely N-dealkylation sites (tertiary alicyclic amines) is 1. The lowest BCUT2D eigenvalue weighted by molar-refractivity contribution is -0.165. The van der Waals surface area contributed by atoms with Gasteiger partial charge in [-0.2, -0.15) is 0 Å². The second-order valence-electron chi connectivity index (χ2n) is 13.0. The molecule has 1 N–H and O–H groups in total. The zero-order valence-corrected chi connectivity index (χ0v) is 30.3. The number of allylic oxidation sites excluding steroid dienone is 1. The molecule has 0 radical (unpaired) electrons. The number of amides is 3. The second-order valence-corrected chi connectivity index (χ2v) is 14.6. The van der Waals surface area contributed by atoms with Gasteiger partial charge in [-0.05, 0) is 56.5 Å². The summed E-state index contributed by atoms with van der Waals surface area (Å²) in [5.41, 5.74) is -0.147. The fraction of sp³-hybridized carbons (Fsp3) is 0.459. The van der Waals surface area contributed by atoms with Gasteiger partial charge in [0.25, 0.3) is 5.91 Å². The van der Waals surface area contributed by atoms with Gasteiger partial charge in [-0.15, -0.1) is 13.2 Å². The number of anilines is 1. The number of benzene rings is 2. The van der Waals surface area contributed by atoms with Gasteiger partial charge in [-0.1, -0.05) is 70.0 Å². The third kappa shape index (κ3) is 6.70. The zero-order valence-electron chi connectivity index (χ0n) is 27.9. The number of esters is 1. The highest BCUT2D eigenvalue weighted by Gasteiger charge is 2.77. The fourth-order valence-electron chi connectivity index (χ4n) is 7.52. The molecule has 1 unspecified atom stereocenters. The van der Waals surface area contributed by atoms with Crippen LogP contribution in [0.1, 0.15) is 44.8 Å². The Hall–Kier alpha value is -3.51. The number of hydrogen-bond acceptors (Lipinski definition) is 7. The van der Waals surface area contributed by atoms with Gasteiger partial charge in [0.1, 0.15) is 17.7 Å². The molecule has 3 aliphatic rings. The molecular weight excluding hydrogens is 714 g/mol. The van der Waals surface area contributed by atoms with E-state index in [2.05, 4.69) is 29.1 Å². The van der Waals surface area contributed by atoms with Crippen LogP contribution in [0.5, 0.6) is 0 Å². The zero-order chi connectivity index (χ0) is 35.6. The van der Waals surface area contributed by atoms with Crippen LogP contribution < -0.4 is 4.90 Å². The highest BCUT2D eigenvalue weighted by atomic mass is 79.9. The molecule has 0 saturated carbocycles. The topological polar surface area (TPSA) is 117 Å². The minimum absolute atomic E-state index is 0.127. The Morgan fingerprint density at radius 2 is 1.82 bits per heavy atom. The van der Waals surface area contributed by atoms with Crippen LogP contribution in [-0.2, 0) is 28.7 Å². The molecule has 0 aromatic heterocycles. The summed E-state index contributed by atoms with van der Waals surface area (Å²) in [6.07, 6.45) is 2.70. The Morgan fingerprint density at radius 1 is 1.14 bits per heavy atom. The van der Waals surface area contributed by atoms with Gasteiger partial charge in [-0.25, -0.2) is 0 Å². The van der Waals surface area contributed by atoms with E-state index in [0.29, 0.717) is 22.7 Å². The third-order valence-corrected chi connectivity index (χ3v) is 11.2. The molecule has 262 valence electrons. The first kappa shape index (κ1) is 36.8. The first-order chi connectivity index (χ1) is 23.4. The molecule has 3 saturated heterocycles. The number of aliphatic hydroxyl groups excluding tert-OH is 1. The Balaban J connectivity index is 1.52. The summed E-state index contributed by atoms with van der Waals surface area (Å²) >= 11 is 9.84. The molecule has 2 bridgehead atoms. The van der Waals surface area contributed by atoms with Gasteiger partial charge in [0.05, 0.1) is 36.6 Å². The van der Waals surface area contributed by atoms with E-state index in [9.17, 15) is 24.3 Å². The molecule has 0 aliphatic carbocycles. The summed E-state index contributed by atoms with van der Waals surface area (Å²) in [5.74, 6) is -3.77. The molecule has 2 aromatic carbocycles. The largest absolute Gasteiger partial charge is 0.455 e. The molecule has 3 aliphatic heterocycles. The number of fused-ring (bicyclic) bond motifs is 1. The summed E-state index contributed by atoms with van der Waals surface area (Å²) < 4.78 is 13.0. The second kappa shape index (κ2) is 15.2. The standard InChI is InChI=1S/C37H43BrClN3O7/c1-6-8-14-28(44)40(5)23(4)31(24-12-10-9-11-13-24)48-36(47)29-30-34(45)42(22(3)21-43)33(37(30)20-27(38)32(29)49-37)35(46)41(19-7-2)26-17-15-25(39)16-18-26/h6-7,9-13,15-18,22-23,27,29-33,43H,1-2,8,14,19-21H2,3-5H3/t22-,23-,27?,29-,30+,31+,32-,33-,37+/m1/s1. The molecule has 3 fully saturated rings. The minimum atomic E-state index is -1.38. The van der Waals surface area contributed by atoms with Crippen molar-refractivity contribution in [3.05, 3.63) is 90.5 Å². The van der Waals surface area contributed by atoms with Crippen molar-refractivity contribution < 1.29 is 33.8 Å². The van der Waals surface area contributed by atoms with Crippen LogP contribution in [0.25, 0.3) is 0 Å². The number of likely N-dealkylation sites (N-methyl/N-ethyl adjacent to an activating group) is 1. The first-order valence-electron chi connectivity index (χ1n) is 16.5. The average molecular weight is 757 g/mol. The van der Waals surface area contributed by atoms with E-state index in [4.69, 9.17) is 21.1 Å². The van der Waals surface area contributed by atoms with Crippen molar-refractivity contribution in [2.24, 2.45) is 11.8 Å². The lowest BCUT2D eigenvalue weighted by Crippen LogP contribution is -2.58. The number of rotatable bonds is 14. The fourth-order valence-corrected chi connectivity index (χ4v) is 8.59. The quantitative estimate of drug-likeness (QED) is 0.162. The maximum Gasteiger partial charge on any atom is 0.313 e. The lowest BCUT2D eigenvalue weighted by atomic mass is 9.70. The van der Waals surface area contributed by atoms with E-state index in [1.165, 1.54) is 9.80 Å². The third-order valence-electron chi connectivity index (χ3n) is 10.1. The molecule has 2 aromatic rings. The van der Waals surface area contributed by atoms with E-state index >= 15 is 0 Å². The van der Waals surface area contributed by atoms with E-state index in [1.54, 1.807) is 55.3 Å². The predicted octanol–water partition coefficient (Wildman–Crippen LogP) is 5.09. The van der Waals surface area contributed by atoms with E-state index in [0.717, 1.165) is 0 Å². The Morgan fingerprint density at radius 3 is 2.43 bits per heavy atom. The van der Waals surface area contributed by atoms with Crippen LogP contribution in [0.3, 0.4) is 0 Å². The summed E-state index contributed by atoms with van der Waals surface area (Å²) in [4.78, 5) is 60.7. The van der Waals surface area contributed by atoms with Crippen molar-refractivity contribution in [1.82, 2.24) is 9.80 Å². The average Bonchev–Trinajstić information content (AvgIpc) is 3.71. The van der Waals surface area contributed by atoms with Crippen LogP contribution in [0, 0.1) is 11.8 Å². The Kier molecular flexibility index (Phi) is 11.4. The lowest BCUT2D eigenvalue weighted by Gasteiger charge is -2.38. The van der Waals surface area contributed by atoms with Crippen molar-refractivity contribution >= 4 is 56.9 Å². The number of nitrogens with zero attached hydrogens (tertiary/aromatic N) is 3. The molecule has 12 heteroatoms. The molecule has 1 spiro atoms. The molecule has 10 nitrogen and oxygen atoms in total. The number of aliphatic hydroxyl groups is 1. The van der Waals surface area contributed by atoms with Gasteiger partial charge < -0.3 is 29.3 Å². The van der Waals surface area contributed by atoms with Crippen molar-refractivity contribution in [3.63, 3.8) is 0 Å². The van der Waals surface area contributed by atoms with Crippen molar-refractivity contribution in [1.29, 1.82) is 0 Å². The van der Waals surface area contributed by atoms with Gasteiger partial charge in [-0.3, -0.25) is 19.2 Å². The molecule has 9 atom stereocenters. The highest BCUT2D eigenvalue weighted by Crippen LogP contribution is 2.61. The van der Waals surface area contributed by atoms with Crippen LogP contribution >= 0.6 is 27.5 Å². The number of halogens is 2. The van der Waals surface area contributed by atoms with E-state index in [1.807, 2.05) is 37.3 Å². The molecule has 3 amide bonds. The summed E-state index contributed by atoms with van der Waals surface area (Å²) in [7, 11) is 1.67. The summed E-state index contributed by atoms with van der Waals surface area (Å²) in [6, 6.07) is 13.5. The minimum Gasteiger partial charge on any atom is -0.455 e. The summed E-state index contributed by atoms with van der Waals surface area (Å²) in [6.45, 7) is 10.7. The number of carbonyl (C=O) groups is 4. The normalized spacial score (nSPS) is 27.2. The Labute approximate surface area is 300 Å². The summed E-state index contributed by atoms with van der Waals surface area (Å²) in [5, 5.41) is 10.8. The van der Waals surface area contributed by atoms with Gasteiger partial charge in [0, 0.05) is 35.6 Å². The monoisotopic (exact) mass is 755 g/mol. The maximum absolute atomic E-state index is 14.7. The molecule has 3 heterocycles. The van der Waals surface area contributed by atoms with Crippen LogP contribution in [0.4, 0.5) is 5.69 Å². The maximum atomic E-state index is 14.7. The number of hydrogen-bond donors (Lipinski definition) is 1. The van der Waals surface area contributed by atoms with Crippen molar-refractivity contribution in [3.8, 4) is 0 Å². The van der Waals surface area contributed by atoms with Gasteiger partial charge in [0.15, 0.2) is 0 Å². The highest BCUT2D eigenvalue weighted by molar-refractivity contribution is 9.09. The predicted molar refractivity (Wildman–Crippen MR) is 190 cm³/mol. The van der Waals surface area contributed by atoms with Crippen LogP contribution in [0.15, 0.2) is 79.9 Å². The Bertz CT molecular complexity index is 1580. The van der Waals surface area contributed by atoms with Crippen molar-refractivity contribution in [2.75, 3.05) is 25.1 Å². The smallest absolute Gasteiger partial charge is 0.313 e. The molecule has 5 rings (SSSR count). The van der Waals surface area contributed by atoms with E-state index in [-0.39, 0.29) is 30.1 Å². The first-order valence-corrected chi connectivity index (χ1v) is 17.8. The SMILES string of the molecule is C=CCCC(=O)N(C)[C@H](C)[C@H](OC(=O)[C@H]1[C@@H]2O[C@@]3(CC2Br)[C@@H]1C(=O)N([C@H](C)CO)[C@@H]3C(=O)N(CC=C)c1ccc(Cl)cc1)c1ccccc1. The van der Waals surface area contributed by atoms with Gasteiger partial charge in [0.2, 0.25) is 11.8 Å². The van der Waals surface area contributed by atoms with E-state index < -0.39 is 72.2 Å². The van der Waals surface area contributed by atoms with Crippen molar-refractivity contribution in [2.45, 2.75) is 73.9 Å².